The number of nitrogens with two attached hydrogens (primary N) is 5. The van der Waals surface area contributed by atoms with Gasteiger partial charge in [-0.1, -0.05) is 9.97 Å². The fraction of sp³-hybridized carbons (Fsp3) is 0.653. The second kappa shape index (κ2) is 41.8. The van der Waals surface area contributed by atoms with Crippen LogP contribution in [0.4, 0.5) is 29.1 Å². The van der Waals surface area contributed by atoms with E-state index in [1.165, 1.54) is 72.4 Å². The van der Waals surface area contributed by atoms with Crippen molar-refractivity contribution >= 4 is 161 Å². The van der Waals surface area contributed by atoms with E-state index < -0.39 is 290 Å². The van der Waals surface area contributed by atoms with Crippen LogP contribution in [0.1, 0.15) is 100 Å². The zero-order valence-corrected chi connectivity index (χ0v) is 93.8. The third kappa shape index (κ3) is 24.1. The van der Waals surface area contributed by atoms with E-state index in [9.17, 15) is 70.1 Å². The van der Waals surface area contributed by atoms with Crippen LogP contribution >= 0.6 is 76.0 Å². The molecule has 830 valence electrons. The number of rotatable bonds is 28. The van der Waals surface area contributed by atoms with Crippen LogP contribution in [0.25, 0.3) is 55.8 Å². The number of aromatic amines is 1. The summed E-state index contributed by atoms with van der Waals surface area (Å²) < 4.78 is 290. The molecule has 14 unspecified atom stereocenters. The van der Waals surface area contributed by atoms with Crippen molar-refractivity contribution in [1.29, 1.82) is 1.19 Å². The predicted octanol–water partition coefficient (Wildman–Crippen LogP) is -1.78. The number of anilines is 5. The van der Waals surface area contributed by atoms with E-state index in [1.807, 2.05) is 9.86 Å². The minimum absolute atomic E-state index is 0.110. The molecule has 66 nitrogen and oxygen atoms in total. The van der Waals surface area contributed by atoms with E-state index in [0.717, 1.165) is 0 Å². The van der Waals surface area contributed by atoms with Crippen molar-refractivity contribution in [3.8, 4) is 0 Å². The number of ether oxygens (including phenoxy) is 15. The fourth-order valence-electron chi connectivity index (χ4n) is 18.7. The zero-order valence-electron chi connectivity index (χ0n) is 82.5. The normalized spacial score (nSPS) is 35.1. The number of nitrogens with one attached hydrogen (secondary N) is 1. The van der Waals surface area contributed by atoms with Gasteiger partial charge in [0.2, 0.25) is 18.4 Å². The Morgan fingerprint density at radius 1 is 0.393 bits per heavy atom. The van der Waals surface area contributed by atoms with E-state index in [1.54, 1.807) is 82.9 Å². The molecule has 22 rings (SSSR count). The molecule has 0 radical (unpaired) electrons. The zero-order chi connectivity index (χ0) is 110. The molecule has 12 saturated heterocycles. The van der Waals surface area contributed by atoms with Crippen LogP contribution in [0.5, 0.6) is 0 Å². The summed E-state index contributed by atoms with van der Waals surface area (Å²) in [6.45, 7) is 14.1. The van der Waals surface area contributed by atoms with Gasteiger partial charge in [-0.2, -0.15) is 0 Å². The number of fused-ring (bicyclic) bond motifs is 12. The summed E-state index contributed by atoms with van der Waals surface area (Å²) in [5.74, 6) is -11.2. The number of halogens is 2. The fourth-order valence-corrected chi connectivity index (χ4v) is 43.8. The van der Waals surface area contributed by atoms with Crippen LogP contribution < -0.4 is 78.0 Å². The van der Waals surface area contributed by atoms with Gasteiger partial charge in [0, 0.05) is 0 Å². The summed E-state index contributed by atoms with van der Waals surface area (Å²) in [5.41, 5.74) is 33.2. The first-order valence-electron chi connectivity index (χ1n) is 45.4. The quantitative estimate of drug-likeness (QED) is 0.0112. The average molecular weight is 2540 g/mol. The number of hydrogen-bond donors (Lipinski definition) is 13. The van der Waals surface area contributed by atoms with Crippen molar-refractivity contribution in [3.05, 3.63) is 63.3 Å². The molecule has 150 heavy (non-hydrogen) atoms. The van der Waals surface area contributed by atoms with Crippen LogP contribution in [-0.2, 0) is 157 Å². The second-order valence-electron chi connectivity index (χ2n) is 37.4. The van der Waals surface area contributed by atoms with Crippen LogP contribution in [0, 0.1) is 0 Å². The Balaban J connectivity index is 0.000000151. The molecule has 0 saturated carbocycles. The number of alkyl halides is 2. The second-order valence-corrected chi connectivity index (χ2v) is 59.6. The predicted molar refractivity (Wildman–Crippen MR) is 501 cm³/mol. The van der Waals surface area contributed by atoms with Gasteiger partial charge in [0.15, 0.2) is 141 Å². The first-order valence-corrected chi connectivity index (χ1v) is 66.5. The van der Waals surface area contributed by atoms with Gasteiger partial charge in [0.05, 0.1) is 58.3 Å². The summed E-state index contributed by atoms with van der Waals surface area (Å²) in [6, 6.07) is 0. The van der Waals surface area contributed by atoms with Crippen molar-refractivity contribution < 1.29 is 240 Å². The molecule has 29 atom stereocenters. The standard InChI is InChI=1S/C28H40N10O17P4.C28H36N10O15P4.C14H21N5O9P2.2CH4I/c1-27(2)51-17-13(49-25(19(17)53-27)37-9-35-15-21(29)31-7-33-23(15)37)5-47-56(39,40)11-58(43,44)55-59(45,46)12-57(41,42)48-6-14-18-20(54-28(3,4)52-18)26(50-14)38-10-36-16-22(30)32-8-34-24(16)38;1-27(2)47-17-13(45-25(19(17)49-27)37-9-35-15-21(29)31-7-33-23(15)37)5-43-54(39)11-56(41)52-55(40,12-57(42,51-54)53-56)44-6-14-18-20(50-28(3,4)48-18)26(46-14)38-10-36-16-22(30)32-8-34-24(16)38;1-14(2)27-9-7(3-25-30(23,24)6-29(20,21)22)26-13(10(9)28-14)19-5-18-11(15)8-12(19)17-4-16-8;2*1-2/h7-10,13-14,17-20,25-26H,5-6,11-12H2,1-4H3,(H,39,40)(H,41,42)(H,43,44)(H,45,46)(H2,29,31,33)(H2,30,32,34);7-10,13-14,17-20,25-26H,5-6,11-12H2,1-4H3,(H2,29,31,33)(H2,30,32,34);4-5,7,9-10,13H,3,6H2,1-2H3,(H5,15,16,17,20,21,22,23,24);2*2H,1H3/q;;;2*-1/p+1/t13-,14-,17+,18+,19?,20?,25-,26-;13-,14-,17+,18+,19?,20?,25-,26-,54?,55?,56?,57?;7-,9+,10?,13-;;/m111../s1/i;;;2*2D. The molecule has 2 bridgehead atoms. The topological polar surface area (TPSA) is 884 Å². The maximum absolute atomic E-state index is 14.1. The Labute approximate surface area is 875 Å². The Bertz CT molecular complexity index is 7010. The van der Waals surface area contributed by atoms with Gasteiger partial charge in [-0.05, 0) is 69.2 Å². The van der Waals surface area contributed by atoms with Crippen molar-refractivity contribution in [2.45, 2.75) is 221 Å². The summed E-state index contributed by atoms with van der Waals surface area (Å²) >= 11 is -0.320. The van der Waals surface area contributed by atoms with Crippen LogP contribution in [0.3, 0.4) is 0 Å². The average Bonchev–Trinajstić information content (AvgIpc) is 0.731. The van der Waals surface area contributed by atoms with Gasteiger partial charge in [0.1, 0.15) is 139 Å². The molecule has 0 spiro atoms. The third-order valence-electron chi connectivity index (χ3n) is 24.0. The first-order chi connectivity index (χ1) is 70.9. The van der Waals surface area contributed by atoms with Crippen LogP contribution in [-0.4, -0.2) is 321 Å². The molecular weight excluding hydrogens is 2430 g/mol. The Kier molecular flexibility index (Phi) is 31.0. The number of nitrogen functional groups attached to an aromatic ring is 5. The number of imidazole rings is 5. The van der Waals surface area contributed by atoms with Crippen molar-refractivity contribution in [3.63, 3.8) is 0 Å². The van der Waals surface area contributed by atoms with Crippen molar-refractivity contribution in [2.75, 3.05) is 101 Å². The molecule has 18 N–H and O–H groups in total. The van der Waals surface area contributed by atoms with Gasteiger partial charge < -0.3 is 162 Å². The van der Waals surface area contributed by atoms with E-state index in [4.69, 9.17) is 146 Å². The molecule has 12 fully saturated rings. The summed E-state index contributed by atoms with van der Waals surface area (Å²) in [4.78, 5) is 134. The summed E-state index contributed by atoms with van der Waals surface area (Å²) in [7, 11) is -49.0. The van der Waals surface area contributed by atoms with Gasteiger partial charge in [0.25, 0.3) is 5.65 Å². The summed E-state index contributed by atoms with van der Waals surface area (Å²) in [6.07, 6.45) is -3.36. The molecule has 10 aromatic rings. The van der Waals surface area contributed by atoms with Gasteiger partial charge >= 0.3 is 132 Å². The SMILES string of the molecule is CC1(C)OC2[C@@H](O1)[C@@H](COP(=O)(O)CP(=O)(O)O)O[C@H]2[n+]1cnc(N)c2[nH]cnc21.CC1(C)OC2[C@@H](O1)[C@@H](COP(=O)(O)CP(=O)(O)OP(=O)(O)CP(=O)(O)OC[C@H]1O[C@@H](n3cnc4c(N)ncnc43)C3OC(C)(C)O[C@H]31)O[C@H]2n1cnc2c(N)ncnc21.CC1(C)OC2[C@@H](O1)[C@@H](COP1(=O)CP3(=O)OP(=O)(OC[C@H]4O[C@@H](n5cnc6c(N)ncnc65)C5OC(C)(C)O[C@H]54)CP(=O)(O1)O3)O[C@H]2n1cnc2c(N)ncnc21.[2H][I-]C.[2H][I-]C. The number of aromatic nitrogens is 20. The van der Waals surface area contributed by atoms with E-state index >= 15 is 0 Å². The summed E-state index contributed by atoms with van der Waals surface area (Å²) in [5, 5.41) is 0. The minimum atomic E-state index is -5.50. The van der Waals surface area contributed by atoms with Crippen LogP contribution in [0.2, 0.25) is 0 Å². The molecule has 78 heteroatoms. The Morgan fingerprint density at radius 2 is 0.680 bits per heavy atom. The molecule has 12 aliphatic rings. The Morgan fingerprint density at radius 3 is 1.00 bits per heavy atom. The van der Waals surface area contributed by atoms with Crippen molar-refractivity contribution in [1.82, 2.24) is 93.0 Å². The molecule has 0 amide bonds. The van der Waals surface area contributed by atoms with E-state index in [2.05, 4.69) is 79.1 Å². The monoisotopic (exact) mass is 2540 g/mol. The molecule has 0 aliphatic carbocycles. The third-order valence-corrected chi connectivity index (χ3v) is 48.9. The molecular formula is C72H106I2N25O41P10-. The number of H-pyrrole nitrogens is 1. The van der Waals surface area contributed by atoms with E-state index in [0.29, 0.717) is 44.8 Å². The molecule has 22 heterocycles. The maximum atomic E-state index is 14.1. The number of hydrogen-bond acceptors (Lipinski definition) is 53. The van der Waals surface area contributed by atoms with Gasteiger partial charge in [-0.15, -0.1) is 0 Å². The van der Waals surface area contributed by atoms with Gasteiger partial charge in [-0.25, -0.2) is 81.6 Å². The molecule has 0 aromatic carbocycles. The molecule has 12 aliphatic heterocycles. The van der Waals surface area contributed by atoms with Gasteiger partial charge in [-0.3, -0.25) is 63.9 Å². The molecule has 10 aromatic heterocycles. The number of nitrogens with zero attached hydrogens (tertiary/aromatic N) is 19. The van der Waals surface area contributed by atoms with Crippen LogP contribution in [0.15, 0.2) is 63.3 Å². The Hall–Kier alpha value is -5.73. The van der Waals surface area contributed by atoms with Crippen molar-refractivity contribution in [2.24, 2.45) is 0 Å². The van der Waals surface area contributed by atoms with E-state index in [-0.39, 0.29) is 84.9 Å². The first kappa shape index (κ1) is 111.